The van der Waals surface area contributed by atoms with Gasteiger partial charge in [0.2, 0.25) is 0 Å². The highest BCUT2D eigenvalue weighted by Gasteiger charge is 2.53. The number of carbonyl (C=O) groups is 4. The van der Waals surface area contributed by atoms with Gasteiger partial charge in [-0.3, -0.25) is 0 Å². The van der Waals surface area contributed by atoms with Gasteiger partial charge in [-0.15, -0.1) is 0 Å². The molecule has 17 N–H and O–H groups in total. The standard InChI is InChI=1S/C22H40N4O11.4C2HF3O2/c23-6-10-14(29)16(31)19-22(34-10)37-18-9(25)5-8(24)17(20(18)33-4-2-1-3-32-19)36-21-15(30)12(26)13(28)11(7-27)35-21;4*3-2(4,5)1(6)7/h1-2,8-22,27-31H,3-7,23-26H2;4*(H,6,7)/b2-1-;;;;/t8-,9+,10-,11-,12+,13-,14-,15-,16+,17+,18-,19-,20-,21-,22-;;;;/m1..../s1. The molecular formula is C30H44F12N4O19. The minimum atomic E-state index is -5.08. The van der Waals surface area contributed by atoms with Gasteiger partial charge >= 0.3 is 48.6 Å². The third-order valence-electron chi connectivity index (χ3n) is 8.34. The lowest BCUT2D eigenvalue weighted by Gasteiger charge is -2.49. The Kier molecular flexibility index (Phi) is 24.4. The van der Waals surface area contributed by atoms with Gasteiger partial charge in [0.1, 0.15) is 61.0 Å². The third kappa shape index (κ3) is 19.9. The molecule has 3 aliphatic heterocycles. The number of rotatable bonds is 4. The monoisotopic (exact) mass is 992 g/mol. The number of nitrogens with two attached hydrogens (primary N) is 4. The summed E-state index contributed by atoms with van der Waals surface area (Å²) in [7, 11) is 0. The topological polar surface area (TPSA) is 410 Å². The van der Waals surface area contributed by atoms with Crippen LogP contribution in [0, 0.1) is 0 Å². The predicted octanol–water partition coefficient (Wildman–Crippen LogP) is -3.14. The molecule has 382 valence electrons. The highest BCUT2D eigenvalue weighted by Crippen LogP contribution is 2.34. The molecule has 0 spiro atoms. The second kappa shape index (κ2) is 25.9. The molecule has 35 heteroatoms. The maximum absolute atomic E-state index is 10.7. The molecule has 4 rings (SSSR count). The minimum Gasteiger partial charge on any atom is -0.475 e. The van der Waals surface area contributed by atoms with Crippen molar-refractivity contribution in [2.45, 2.75) is 123 Å². The number of aliphatic hydroxyl groups is 5. The summed E-state index contributed by atoms with van der Waals surface area (Å²) in [5.41, 5.74) is 24.5. The Hall–Kier alpha value is -3.82. The van der Waals surface area contributed by atoms with Crippen molar-refractivity contribution in [1.82, 2.24) is 0 Å². The zero-order chi connectivity index (χ0) is 51.2. The number of alkyl halides is 12. The lowest BCUT2D eigenvalue weighted by Crippen LogP contribution is -2.69. The van der Waals surface area contributed by atoms with Crippen LogP contribution in [0.4, 0.5) is 52.7 Å². The number of ether oxygens (including phenoxy) is 6. The van der Waals surface area contributed by atoms with E-state index in [2.05, 4.69) is 0 Å². The summed E-state index contributed by atoms with van der Waals surface area (Å²) in [6.07, 6.45) is -30.4. The number of aliphatic carboxylic acids is 4. The number of carboxylic acid groups (broad SMARTS) is 4. The molecule has 0 aromatic heterocycles. The van der Waals surface area contributed by atoms with Crippen molar-refractivity contribution in [3.05, 3.63) is 12.2 Å². The van der Waals surface area contributed by atoms with Gasteiger partial charge in [-0.2, -0.15) is 52.7 Å². The summed E-state index contributed by atoms with van der Waals surface area (Å²) < 4.78 is 163. The van der Waals surface area contributed by atoms with Gasteiger partial charge in [0.15, 0.2) is 12.6 Å². The van der Waals surface area contributed by atoms with E-state index in [4.69, 9.17) is 91.0 Å². The molecule has 0 amide bonds. The number of hydrogen-bond donors (Lipinski definition) is 13. The molecule has 4 aliphatic rings. The highest BCUT2D eigenvalue weighted by atomic mass is 19.4. The van der Waals surface area contributed by atoms with E-state index >= 15 is 0 Å². The van der Waals surface area contributed by atoms with Crippen molar-refractivity contribution in [1.29, 1.82) is 0 Å². The Bertz CT molecular complexity index is 1430. The average Bonchev–Trinajstić information content (AvgIpc) is 3.21. The zero-order valence-corrected chi connectivity index (χ0v) is 32.3. The fraction of sp³-hybridized carbons (Fsp3) is 0.800. The van der Waals surface area contributed by atoms with E-state index in [1.54, 1.807) is 12.2 Å². The van der Waals surface area contributed by atoms with Gasteiger partial charge in [0, 0.05) is 18.6 Å². The molecule has 15 atom stereocenters. The molecule has 2 saturated heterocycles. The minimum absolute atomic E-state index is 0.0764. The van der Waals surface area contributed by atoms with Crippen molar-refractivity contribution in [2.75, 3.05) is 26.4 Å². The Balaban J connectivity index is 0.00000118. The van der Waals surface area contributed by atoms with Crippen LogP contribution in [0.2, 0.25) is 0 Å². The molecular weight excluding hydrogens is 948 g/mol. The van der Waals surface area contributed by atoms with E-state index in [1.165, 1.54) is 0 Å². The Labute approximate surface area is 354 Å². The normalized spacial score (nSPS) is 34.7. The van der Waals surface area contributed by atoms with Crippen molar-refractivity contribution in [2.24, 2.45) is 22.9 Å². The SMILES string of the molecule is NC[C@H]1O[C@@H]2O[C@H]3[C@H](OC/C=C\CO[C@@H]2[C@@H](O)[C@@H]1O)[C@@H](O[C@H]1O[C@H](CO)[C@@H](O)[C@H](N)[C@H]1O)[C@H](N)C[C@@H]3N.O=C(O)C(F)(F)F.O=C(O)C(F)(F)F.O=C(O)C(F)(F)F.O=C(O)C(F)(F)F. The van der Waals surface area contributed by atoms with Crippen LogP contribution in [0.3, 0.4) is 0 Å². The summed E-state index contributed by atoms with van der Waals surface area (Å²) in [6, 6.07) is -2.47. The largest absolute Gasteiger partial charge is 0.490 e. The number of carboxylic acids is 4. The van der Waals surface area contributed by atoms with Crippen molar-refractivity contribution in [3.63, 3.8) is 0 Å². The molecule has 1 aliphatic carbocycles. The van der Waals surface area contributed by atoms with Crippen LogP contribution in [0.1, 0.15) is 6.42 Å². The second-order valence-electron chi connectivity index (χ2n) is 13.1. The molecule has 0 unspecified atom stereocenters. The van der Waals surface area contributed by atoms with E-state index in [1.807, 2.05) is 0 Å². The molecule has 1 saturated carbocycles. The van der Waals surface area contributed by atoms with Gasteiger partial charge in [-0.25, -0.2) is 19.2 Å². The van der Waals surface area contributed by atoms with Gasteiger partial charge < -0.3 is 97.3 Å². The maximum atomic E-state index is 10.7. The molecule has 3 heterocycles. The van der Waals surface area contributed by atoms with Gasteiger partial charge in [-0.05, 0) is 6.42 Å². The zero-order valence-electron chi connectivity index (χ0n) is 32.3. The molecule has 23 nitrogen and oxygen atoms in total. The highest BCUT2D eigenvalue weighted by molar-refractivity contribution is 5.74. The van der Waals surface area contributed by atoms with Crippen molar-refractivity contribution in [3.8, 4) is 0 Å². The molecule has 3 fully saturated rings. The lowest BCUT2D eigenvalue weighted by atomic mass is 9.84. The van der Waals surface area contributed by atoms with Crippen LogP contribution < -0.4 is 22.9 Å². The lowest BCUT2D eigenvalue weighted by molar-refractivity contribution is -0.337. The van der Waals surface area contributed by atoms with E-state index in [0.717, 1.165) is 0 Å². The van der Waals surface area contributed by atoms with Crippen LogP contribution in [0.5, 0.6) is 0 Å². The molecule has 0 aromatic rings. The van der Waals surface area contributed by atoms with Crippen LogP contribution >= 0.6 is 0 Å². The first kappa shape index (κ1) is 61.2. The maximum Gasteiger partial charge on any atom is 0.490 e. The Morgan fingerprint density at radius 3 is 1.34 bits per heavy atom. The fourth-order valence-corrected chi connectivity index (χ4v) is 5.20. The van der Waals surface area contributed by atoms with E-state index < -0.39 is 147 Å². The predicted molar refractivity (Wildman–Crippen MR) is 179 cm³/mol. The van der Waals surface area contributed by atoms with Crippen molar-refractivity contribution < 1.29 is 146 Å². The summed E-state index contributed by atoms with van der Waals surface area (Å²) in [4.78, 5) is 35.6. The van der Waals surface area contributed by atoms with Crippen LogP contribution in [0.25, 0.3) is 0 Å². The first-order valence-corrected chi connectivity index (χ1v) is 17.5. The molecule has 0 aromatic carbocycles. The fourth-order valence-electron chi connectivity index (χ4n) is 5.20. The Morgan fingerprint density at radius 2 is 0.969 bits per heavy atom. The van der Waals surface area contributed by atoms with E-state index in [9.17, 15) is 78.2 Å². The van der Waals surface area contributed by atoms with E-state index in [0.29, 0.717) is 0 Å². The second-order valence-corrected chi connectivity index (χ2v) is 13.1. The Morgan fingerprint density at radius 1 is 0.569 bits per heavy atom. The summed E-state index contributed by atoms with van der Waals surface area (Å²) in [5, 5.41) is 79.9. The first-order valence-electron chi connectivity index (χ1n) is 17.5. The van der Waals surface area contributed by atoms with Crippen LogP contribution in [-0.4, -0.2) is 213 Å². The van der Waals surface area contributed by atoms with Crippen LogP contribution in [0.15, 0.2) is 12.2 Å². The smallest absolute Gasteiger partial charge is 0.475 e. The first-order chi connectivity index (χ1) is 29.4. The third-order valence-corrected chi connectivity index (χ3v) is 8.34. The number of halogens is 12. The number of fused-ring (bicyclic) bond motifs is 2. The molecule has 0 radical (unpaired) electrons. The molecule has 0 bridgehead atoms. The number of aliphatic hydroxyl groups excluding tert-OH is 5. The van der Waals surface area contributed by atoms with E-state index in [-0.39, 0.29) is 26.2 Å². The summed E-state index contributed by atoms with van der Waals surface area (Å²) in [6.45, 7) is -0.436. The average molecular weight is 993 g/mol. The van der Waals surface area contributed by atoms with Crippen LogP contribution in [-0.2, 0) is 47.6 Å². The number of hydrogen-bond acceptors (Lipinski definition) is 19. The summed E-state index contributed by atoms with van der Waals surface area (Å²) >= 11 is 0. The van der Waals surface area contributed by atoms with Gasteiger partial charge in [0.25, 0.3) is 0 Å². The van der Waals surface area contributed by atoms with Crippen molar-refractivity contribution >= 4 is 23.9 Å². The quantitative estimate of drug-likeness (QED) is 0.0978. The molecule has 65 heavy (non-hydrogen) atoms. The van der Waals surface area contributed by atoms with Gasteiger partial charge in [0.05, 0.1) is 25.9 Å². The van der Waals surface area contributed by atoms with Gasteiger partial charge in [-0.1, -0.05) is 12.2 Å². The summed E-state index contributed by atoms with van der Waals surface area (Å²) in [5.74, 6) is -11.0.